The number of ketones is 1. The fourth-order valence-electron chi connectivity index (χ4n) is 7.95. The second-order valence-corrected chi connectivity index (χ2v) is 11.5. The van der Waals surface area contributed by atoms with Gasteiger partial charge in [-0.15, -0.1) is 12.3 Å². The Labute approximate surface area is 174 Å². The maximum atomic E-state index is 12.9. The van der Waals surface area contributed by atoms with Crippen LogP contribution in [0.4, 0.5) is 0 Å². The van der Waals surface area contributed by atoms with E-state index in [0.29, 0.717) is 17.1 Å². The van der Waals surface area contributed by atoms with E-state index in [9.17, 15) is 4.79 Å². The maximum Gasteiger partial charge on any atom is 0.139 e. The van der Waals surface area contributed by atoms with Crippen molar-refractivity contribution in [3.63, 3.8) is 0 Å². The summed E-state index contributed by atoms with van der Waals surface area (Å²) in [5.74, 6) is 8.05. The fraction of sp³-hybridized carbons (Fsp3) is 0.889. The van der Waals surface area contributed by atoms with Crippen LogP contribution in [0.1, 0.15) is 105 Å². The van der Waals surface area contributed by atoms with Gasteiger partial charge in [0, 0.05) is 18.3 Å². The molecule has 3 rings (SSSR count). The van der Waals surface area contributed by atoms with Crippen molar-refractivity contribution in [3.8, 4) is 12.3 Å². The Kier molecular flexibility index (Phi) is 6.68. The third-order valence-corrected chi connectivity index (χ3v) is 9.59. The van der Waals surface area contributed by atoms with Crippen molar-refractivity contribution in [2.45, 2.75) is 105 Å². The molecule has 0 aliphatic heterocycles. The van der Waals surface area contributed by atoms with Crippen LogP contribution in [-0.4, -0.2) is 5.78 Å². The number of carbonyl (C=O) groups is 1. The fourth-order valence-corrected chi connectivity index (χ4v) is 7.95. The Morgan fingerprint density at radius 2 is 1.82 bits per heavy atom. The van der Waals surface area contributed by atoms with Crippen molar-refractivity contribution >= 4 is 5.78 Å². The monoisotopic (exact) mass is 384 g/mol. The van der Waals surface area contributed by atoms with E-state index in [-0.39, 0.29) is 5.41 Å². The van der Waals surface area contributed by atoms with Crippen molar-refractivity contribution in [1.29, 1.82) is 0 Å². The van der Waals surface area contributed by atoms with Crippen molar-refractivity contribution in [2.24, 2.45) is 46.3 Å². The van der Waals surface area contributed by atoms with Crippen LogP contribution in [0.25, 0.3) is 0 Å². The van der Waals surface area contributed by atoms with Gasteiger partial charge in [-0.05, 0) is 79.4 Å². The standard InChI is InChI=1S/C27H44O/c1-7-8-17-27(6)24-16-18-26(5)22(20(4)11-9-10-19(2)3)13-14-23(26)21(24)12-15-25(27)28/h1,19-24H,8-18H2,2-6H3/t20-,21?,22-,23+,24+,26-,27-/m1/s1. The molecule has 0 aromatic carbocycles. The third-order valence-electron chi connectivity index (χ3n) is 9.59. The molecule has 0 heterocycles. The smallest absolute Gasteiger partial charge is 0.139 e. The number of rotatable bonds is 7. The van der Waals surface area contributed by atoms with E-state index < -0.39 is 0 Å². The zero-order valence-corrected chi connectivity index (χ0v) is 19.2. The molecule has 0 aromatic heterocycles. The highest BCUT2D eigenvalue weighted by atomic mass is 16.1. The van der Waals surface area contributed by atoms with Gasteiger partial charge in [0.25, 0.3) is 0 Å². The summed E-state index contributed by atoms with van der Waals surface area (Å²) in [6, 6.07) is 0. The van der Waals surface area contributed by atoms with Crippen LogP contribution in [-0.2, 0) is 4.79 Å². The Bertz CT molecular complexity index is 598. The first-order chi connectivity index (χ1) is 13.2. The summed E-state index contributed by atoms with van der Waals surface area (Å²) < 4.78 is 0. The van der Waals surface area contributed by atoms with Gasteiger partial charge in [0.1, 0.15) is 5.78 Å². The Morgan fingerprint density at radius 1 is 1.07 bits per heavy atom. The minimum absolute atomic E-state index is 0.155. The van der Waals surface area contributed by atoms with Crippen molar-refractivity contribution in [3.05, 3.63) is 0 Å². The van der Waals surface area contributed by atoms with Gasteiger partial charge < -0.3 is 0 Å². The number of fused-ring (bicyclic) bond motifs is 3. The topological polar surface area (TPSA) is 17.1 Å². The van der Waals surface area contributed by atoms with Crippen LogP contribution in [0.5, 0.6) is 0 Å². The Balaban J connectivity index is 1.73. The number of terminal acetylenes is 1. The normalized spacial score (nSPS) is 41.4. The average Bonchev–Trinajstić information content (AvgIpc) is 3.00. The molecular formula is C27H44O. The first-order valence-electron chi connectivity index (χ1n) is 12.2. The molecule has 0 radical (unpaired) electrons. The molecule has 1 heteroatoms. The average molecular weight is 385 g/mol. The summed E-state index contributed by atoms with van der Waals surface area (Å²) in [4.78, 5) is 12.9. The number of hydrogen-bond acceptors (Lipinski definition) is 1. The van der Waals surface area contributed by atoms with Crippen molar-refractivity contribution in [1.82, 2.24) is 0 Å². The van der Waals surface area contributed by atoms with Gasteiger partial charge in [-0.2, -0.15) is 0 Å². The molecule has 0 amide bonds. The molecule has 28 heavy (non-hydrogen) atoms. The van der Waals surface area contributed by atoms with Crippen molar-refractivity contribution < 1.29 is 4.79 Å². The van der Waals surface area contributed by atoms with E-state index in [4.69, 9.17) is 6.42 Å². The summed E-state index contributed by atoms with van der Waals surface area (Å²) in [6.45, 7) is 12.1. The molecule has 3 fully saturated rings. The highest BCUT2D eigenvalue weighted by Gasteiger charge is 2.59. The van der Waals surface area contributed by atoms with E-state index in [1.807, 2.05) is 0 Å². The lowest BCUT2D eigenvalue weighted by Crippen LogP contribution is -2.52. The maximum absolute atomic E-state index is 12.9. The molecule has 3 aliphatic carbocycles. The van der Waals surface area contributed by atoms with Gasteiger partial charge in [0.2, 0.25) is 0 Å². The quantitative estimate of drug-likeness (QED) is 0.421. The van der Waals surface area contributed by atoms with Gasteiger partial charge in [-0.1, -0.05) is 53.9 Å². The van der Waals surface area contributed by atoms with Crippen LogP contribution in [0.15, 0.2) is 0 Å². The van der Waals surface area contributed by atoms with E-state index in [1.54, 1.807) is 0 Å². The zero-order valence-electron chi connectivity index (χ0n) is 19.2. The lowest BCUT2D eigenvalue weighted by molar-refractivity contribution is -0.146. The summed E-state index contributed by atoms with van der Waals surface area (Å²) >= 11 is 0. The summed E-state index contributed by atoms with van der Waals surface area (Å²) in [7, 11) is 0. The first-order valence-corrected chi connectivity index (χ1v) is 12.2. The van der Waals surface area contributed by atoms with Crippen LogP contribution in [0.3, 0.4) is 0 Å². The molecule has 158 valence electrons. The van der Waals surface area contributed by atoms with Gasteiger partial charge in [0.15, 0.2) is 0 Å². The minimum Gasteiger partial charge on any atom is -0.299 e. The number of carbonyl (C=O) groups excluding carboxylic acids is 1. The van der Waals surface area contributed by atoms with Gasteiger partial charge in [0.05, 0.1) is 0 Å². The highest BCUT2D eigenvalue weighted by molar-refractivity contribution is 5.85. The Morgan fingerprint density at radius 3 is 2.50 bits per heavy atom. The molecule has 1 nitrogen and oxygen atoms in total. The second-order valence-electron chi connectivity index (χ2n) is 11.5. The zero-order chi connectivity index (χ0) is 20.5. The largest absolute Gasteiger partial charge is 0.299 e. The lowest BCUT2D eigenvalue weighted by Gasteiger charge is -2.56. The van der Waals surface area contributed by atoms with E-state index in [0.717, 1.165) is 55.3 Å². The summed E-state index contributed by atoms with van der Waals surface area (Å²) in [5.41, 5.74) is 0.351. The Hall–Kier alpha value is -0.770. The van der Waals surface area contributed by atoms with Crippen LogP contribution in [0, 0.1) is 58.7 Å². The van der Waals surface area contributed by atoms with E-state index in [2.05, 4.69) is 40.5 Å². The number of hydrogen-bond donors (Lipinski definition) is 0. The molecule has 0 bridgehead atoms. The molecule has 1 unspecified atom stereocenters. The van der Waals surface area contributed by atoms with Crippen LogP contribution in [0.2, 0.25) is 0 Å². The SMILES string of the molecule is C#CCC[C@@]1(C)C(=O)CCC2[C@@H]3CC[C@H]([C@H](C)CCCC(C)C)[C@@]3(C)CC[C@@H]21. The van der Waals surface area contributed by atoms with E-state index >= 15 is 0 Å². The molecule has 0 spiro atoms. The van der Waals surface area contributed by atoms with Crippen LogP contribution >= 0.6 is 0 Å². The third kappa shape index (κ3) is 3.82. The van der Waals surface area contributed by atoms with Crippen molar-refractivity contribution in [2.75, 3.05) is 0 Å². The van der Waals surface area contributed by atoms with Gasteiger partial charge >= 0.3 is 0 Å². The molecule has 0 N–H and O–H groups in total. The first kappa shape index (κ1) is 21.9. The second kappa shape index (κ2) is 8.53. The molecule has 3 aliphatic rings. The molecule has 7 atom stereocenters. The molecule has 3 saturated carbocycles. The summed E-state index contributed by atoms with van der Waals surface area (Å²) in [6.07, 6.45) is 18.7. The minimum atomic E-state index is -0.155. The van der Waals surface area contributed by atoms with E-state index in [1.165, 1.54) is 44.9 Å². The summed E-state index contributed by atoms with van der Waals surface area (Å²) in [5, 5.41) is 0. The molecule has 0 saturated heterocycles. The van der Waals surface area contributed by atoms with Crippen LogP contribution < -0.4 is 0 Å². The lowest BCUT2D eigenvalue weighted by atomic mass is 9.48. The molecular weight excluding hydrogens is 340 g/mol. The molecule has 0 aromatic rings. The number of Topliss-reactive ketones (excluding diaryl/α,β-unsaturated/α-hetero) is 1. The highest BCUT2D eigenvalue weighted by Crippen LogP contribution is 2.65. The predicted octanol–water partition coefficient (Wildman–Crippen LogP) is 7.29. The van der Waals surface area contributed by atoms with Gasteiger partial charge in [-0.3, -0.25) is 4.79 Å². The van der Waals surface area contributed by atoms with Gasteiger partial charge in [-0.25, -0.2) is 0 Å². The predicted molar refractivity (Wildman–Crippen MR) is 119 cm³/mol.